The van der Waals surface area contributed by atoms with Gasteiger partial charge < -0.3 is 10.2 Å². The van der Waals surface area contributed by atoms with E-state index in [1.165, 1.54) is 7.05 Å². The van der Waals surface area contributed by atoms with Crippen molar-refractivity contribution in [1.29, 1.82) is 0 Å². The summed E-state index contributed by atoms with van der Waals surface area (Å²) in [6.45, 7) is 3.01. The smallest absolute Gasteiger partial charge is 0.238 e. The van der Waals surface area contributed by atoms with Gasteiger partial charge in [0.1, 0.15) is 0 Å². The molecule has 1 aliphatic rings. The van der Waals surface area contributed by atoms with Crippen LogP contribution in [0.15, 0.2) is 0 Å². The average Bonchev–Trinajstić information content (AvgIpc) is 2.77. The molecule has 0 aliphatic carbocycles. The summed E-state index contributed by atoms with van der Waals surface area (Å²) in [6.07, 6.45) is 1.97. The highest BCUT2D eigenvalue weighted by Crippen LogP contribution is 2.17. The van der Waals surface area contributed by atoms with Gasteiger partial charge in [0.25, 0.3) is 0 Å². The molecule has 1 saturated heterocycles. The van der Waals surface area contributed by atoms with Crippen LogP contribution in [0.4, 0.5) is 0 Å². The number of nitrogens with one attached hydrogen (secondary N) is 1. The van der Waals surface area contributed by atoms with Crippen LogP contribution in [-0.2, 0) is 14.8 Å². The van der Waals surface area contributed by atoms with Crippen molar-refractivity contribution in [3.8, 4) is 0 Å². The molecular weight excluding hydrogens is 290 g/mol. The first-order chi connectivity index (χ1) is 8.42. The first-order valence-electron chi connectivity index (χ1n) is 6.30. The lowest BCUT2D eigenvalue weighted by atomic mass is 10.2. The third-order valence-corrected chi connectivity index (χ3v) is 5.14. The van der Waals surface area contributed by atoms with Crippen LogP contribution in [0, 0.1) is 0 Å². The predicted molar refractivity (Wildman–Crippen MR) is 78.0 cm³/mol. The number of hydrogen-bond acceptors (Lipinski definition) is 4. The number of halogens is 1. The number of nitrogens with zero attached hydrogens (tertiary/aromatic N) is 2. The van der Waals surface area contributed by atoms with Crippen LogP contribution < -0.4 is 5.32 Å². The molecule has 1 aliphatic heterocycles. The van der Waals surface area contributed by atoms with Gasteiger partial charge in [-0.1, -0.05) is 0 Å². The lowest BCUT2D eigenvalue weighted by molar-refractivity contribution is -0.131. The minimum Gasteiger partial charge on any atom is -0.337 e. The highest BCUT2D eigenvalue weighted by atomic mass is 35.5. The van der Waals surface area contributed by atoms with Crippen LogP contribution >= 0.6 is 12.4 Å². The molecule has 114 valence electrons. The maximum Gasteiger partial charge on any atom is 0.238 e. The second-order valence-corrected chi connectivity index (χ2v) is 6.96. The Kier molecular flexibility index (Phi) is 7.88. The number of sulfonamides is 1. The van der Waals surface area contributed by atoms with E-state index in [2.05, 4.69) is 5.32 Å². The standard InChI is InChI=1S/C11H23N3O3S.ClH/c1-4-18(16,17)13(3)9-11(15)14-7-5-6-10(14)8-12-2;/h10,12H,4-9H2,1-3H3;1H. The molecule has 0 aromatic rings. The molecule has 1 unspecified atom stereocenters. The quantitative estimate of drug-likeness (QED) is 0.743. The number of rotatable bonds is 6. The fourth-order valence-corrected chi connectivity index (χ4v) is 2.96. The number of carbonyl (C=O) groups excluding carboxylic acids is 1. The highest BCUT2D eigenvalue weighted by Gasteiger charge is 2.30. The Balaban J connectivity index is 0.00000324. The SMILES string of the molecule is CCS(=O)(=O)N(C)CC(=O)N1CCCC1CNC.Cl. The van der Waals surface area contributed by atoms with Crippen LogP contribution in [-0.4, -0.2) is 69.1 Å². The third-order valence-electron chi connectivity index (χ3n) is 3.33. The minimum atomic E-state index is -3.28. The normalized spacial score (nSPS) is 19.6. The number of carbonyl (C=O) groups is 1. The van der Waals surface area contributed by atoms with E-state index in [1.54, 1.807) is 11.8 Å². The second-order valence-electron chi connectivity index (χ2n) is 4.60. The Morgan fingerprint density at radius 2 is 2.11 bits per heavy atom. The first-order valence-corrected chi connectivity index (χ1v) is 7.91. The van der Waals surface area contributed by atoms with Gasteiger partial charge >= 0.3 is 0 Å². The molecule has 0 bridgehead atoms. The van der Waals surface area contributed by atoms with E-state index in [0.717, 1.165) is 30.2 Å². The fraction of sp³-hybridized carbons (Fsp3) is 0.909. The van der Waals surface area contributed by atoms with Gasteiger partial charge in [0.2, 0.25) is 15.9 Å². The van der Waals surface area contributed by atoms with Crippen molar-refractivity contribution < 1.29 is 13.2 Å². The molecule has 0 radical (unpaired) electrons. The zero-order valence-electron chi connectivity index (χ0n) is 11.8. The van der Waals surface area contributed by atoms with Crippen LogP contribution in [0.5, 0.6) is 0 Å². The van der Waals surface area contributed by atoms with E-state index < -0.39 is 10.0 Å². The molecule has 1 heterocycles. The Hall–Kier alpha value is -0.370. The summed E-state index contributed by atoms with van der Waals surface area (Å²) in [7, 11) is 0.0316. The van der Waals surface area contributed by atoms with Crippen LogP contribution in [0.3, 0.4) is 0 Å². The molecule has 1 rings (SSSR count). The Bertz CT molecular complexity index is 389. The monoisotopic (exact) mass is 313 g/mol. The molecule has 1 fully saturated rings. The maximum atomic E-state index is 12.1. The maximum absolute atomic E-state index is 12.1. The zero-order chi connectivity index (χ0) is 13.8. The summed E-state index contributed by atoms with van der Waals surface area (Å²) in [4.78, 5) is 13.9. The lowest BCUT2D eigenvalue weighted by Gasteiger charge is -2.26. The molecule has 0 spiro atoms. The molecule has 19 heavy (non-hydrogen) atoms. The summed E-state index contributed by atoms with van der Waals surface area (Å²) < 4.78 is 24.3. The molecular formula is C11H24ClN3O3S. The Labute approximate surface area is 122 Å². The molecule has 0 saturated carbocycles. The molecule has 6 nitrogen and oxygen atoms in total. The summed E-state index contributed by atoms with van der Waals surface area (Å²) in [5.41, 5.74) is 0. The predicted octanol–water partition coefficient (Wildman–Crippen LogP) is -0.0999. The Morgan fingerprint density at radius 3 is 2.63 bits per heavy atom. The third kappa shape index (κ3) is 4.91. The number of hydrogen-bond donors (Lipinski definition) is 1. The van der Waals surface area contributed by atoms with E-state index in [1.807, 2.05) is 7.05 Å². The molecule has 1 N–H and O–H groups in total. The number of likely N-dealkylation sites (tertiary alicyclic amines) is 1. The summed E-state index contributed by atoms with van der Waals surface area (Å²) in [5.74, 6) is -0.0798. The van der Waals surface area contributed by atoms with Crippen LogP contribution in [0.1, 0.15) is 19.8 Å². The van der Waals surface area contributed by atoms with E-state index in [4.69, 9.17) is 0 Å². The number of amides is 1. The molecule has 0 aromatic carbocycles. The topological polar surface area (TPSA) is 69.7 Å². The summed E-state index contributed by atoms with van der Waals surface area (Å²) in [5, 5.41) is 3.06. The Morgan fingerprint density at radius 1 is 1.47 bits per heavy atom. The van der Waals surface area contributed by atoms with Gasteiger partial charge in [0.05, 0.1) is 12.3 Å². The van der Waals surface area contributed by atoms with Gasteiger partial charge in [-0.3, -0.25) is 4.79 Å². The zero-order valence-corrected chi connectivity index (χ0v) is 13.4. The fourth-order valence-electron chi connectivity index (χ4n) is 2.21. The van der Waals surface area contributed by atoms with E-state index >= 15 is 0 Å². The van der Waals surface area contributed by atoms with Crippen molar-refractivity contribution >= 4 is 28.3 Å². The lowest BCUT2D eigenvalue weighted by Crippen LogP contribution is -2.46. The van der Waals surface area contributed by atoms with Gasteiger partial charge in [-0.25, -0.2) is 8.42 Å². The molecule has 1 atom stereocenters. The highest BCUT2D eigenvalue weighted by molar-refractivity contribution is 7.89. The van der Waals surface area contributed by atoms with Crippen molar-refractivity contribution in [2.45, 2.75) is 25.8 Å². The summed E-state index contributed by atoms with van der Waals surface area (Å²) in [6, 6.07) is 0.195. The largest absolute Gasteiger partial charge is 0.337 e. The number of likely N-dealkylation sites (N-methyl/N-ethyl adjacent to an activating group) is 2. The second kappa shape index (κ2) is 8.04. The van der Waals surface area contributed by atoms with E-state index in [0.29, 0.717) is 0 Å². The average molecular weight is 314 g/mol. The molecule has 8 heteroatoms. The van der Waals surface area contributed by atoms with Gasteiger partial charge in [-0.05, 0) is 26.8 Å². The summed E-state index contributed by atoms with van der Waals surface area (Å²) >= 11 is 0. The van der Waals surface area contributed by atoms with E-state index in [9.17, 15) is 13.2 Å². The first kappa shape index (κ1) is 18.6. The van der Waals surface area contributed by atoms with Crippen molar-refractivity contribution in [2.24, 2.45) is 0 Å². The molecule has 0 aromatic heterocycles. The van der Waals surface area contributed by atoms with Crippen molar-refractivity contribution in [3.63, 3.8) is 0 Å². The van der Waals surface area contributed by atoms with Gasteiger partial charge in [0, 0.05) is 26.2 Å². The van der Waals surface area contributed by atoms with E-state index in [-0.39, 0.29) is 36.7 Å². The minimum absolute atomic E-state index is 0. The molecule has 1 amide bonds. The van der Waals surface area contributed by atoms with Crippen molar-refractivity contribution in [3.05, 3.63) is 0 Å². The van der Waals surface area contributed by atoms with Gasteiger partial charge in [0.15, 0.2) is 0 Å². The van der Waals surface area contributed by atoms with Crippen LogP contribution in [0.2, 0.25) is 0 Å². The van der Waals surface area contributed by atoms with Gasteiger partial charge in [-0.2, -0.15) is 4.31 Å². The van der Waals surface area contributed by atoms with Gasteiger partial charge in [-0.15, -0.1) is 12.4 Å². The van der Waals surface area contributed by atoms with Crippen LogP contribution in [0.25, 0.3) is 0 Å². The van der Waals surface area contributed by atoms with Crippen molar-refractivity contribution in [2.75, 3.05) is 39.5 Å². The van der Waals surface area contributed by atoms with Crippen molar-refractivity contribution in [1.82, 2.24) is 14.5 Å².